The Labute approximate surface area is 117 Å². The van der Waals surface area contributed by atoms with Crippen molar-refractivity contribution < 1.29 is 18.0 Å². The summed E-state index contributed by atoms with van der Waals surface area (Å²) >= 11 is 5.83. The van der Waals surface area contributed by atoms with E-state index >= 15 is 0 Å². The number of amides is 1. The molecule has 0 bridgehead atoms. The molecule has 2 aromatic heterocycles. The Morgan fingerprint density at radius 1 is 1.40 bits per heavy atom. The Hall–Kier alpha value is -1.76. The number of carbonyl (C=O) groups is 1. The first kappa shape index (κ1) is 14.6. The third-order valence-corrected chi connectivity index (χ3v) is 3.06. The van der Waals surface area contributed by atoms with E-state index in [1.807, 2.05) is 0 Å². The highest BCUT2D eigenvalue weighted by Gasteiger charge is 2.33. The predicted molar refractivity (Wildman–Crippen MR) is 68.0 cm³/mol. The molecule has 0 aliphatic carbocycles. The lowest BCUT2D eigenvalue weighted by Crippen LogP contribution is -2.24. The van der Waals surface area contributed by atoms with Crippen molar-refractivity contribution in [1.82, 2.24) is 14.3 Å². The van der Waals surface area contributed by atoms with Crippen LogP contribution in [0.4, 0.5) is 13.2 Å². The number of halogens is 4. The summed E-state index contributed by atoms with van der Waals surface area (Å²) in [5, 5.41) is -0.152. The Balaban J connectivity index is 2.80. The van der Waals surface area contributed by atoms with Crippen LogP contribution in [0.5, 0.6) is 0 Å². The lowest BCUT2D eigenvalue weighted by molar-refractivity contribution is -0.137. The molecule has 108 valence electrons. The molecule has 20 heavy (non-hydrogen) atoms. The van der Waals surface area contributed by atoms with Crippen LogP contribution in [0, 0.1) is 6.92 Å². The largest absolute Gasteiger partial charge is 0.417 e. The van der Waals surface area contributed by atoms with Crippen LogP contribution in [-0.2, 0) is 6.18 Å². The van der Waals surface area contributed by atoms with E-state index < -0.39 is 17.6 Å². The molecule has 0 unspecified atom stereocenters. The molecule has 8 heteroatoms. The minimum Gasteiger partial charge on any atom is -0.343 e. The second-order valence-corrected chi connectivity index (χ2v) is 4.92. The molecule has 0 aromatic carbocycles. The number of rotatable bonds is 1. The van der Waals surface area contributed by atoms with Crippen LogP contribution in [-0.4, -0.2) is 34.3 Å². The van der Waals surface area contributed by atoms with Crippen molar-refractivity contribution in [2.24, 2.45) is 0 Å². The molecule has 2 heterocycles. The topological polar surface area (TPSA) is 37.6 Å². The zero-order valence-electron chi connectivity index (χ0n) is 10.9. The summed E-state index contributed by atoms with van der Waals surface area (Å²) < 4.78 is 39.5. The van der Waals surface area contributed by atoms with Gasteiger partial charge in [-0.3, -0.25) is 9.20 Å². The van der Waals surface area contributed by atoms with E-state index in [-0.39, 0.29) is 16.4 Å². The van der Waals surface area contributed by atoms with Gasteiger partial charge < -0.3 is 4.90 Å². The molecule has 0 atom stereocenters. The van der Waals surface area contributed by atoms with E-state index in [1.165, 1.54) is 19.0 Å². The fraction of sp³-hybridized carbons (Fsp3) is 0.333. The van der Waals surface area contributed by atoms with E-state index in [9.17, 15) is 18.0 Å². The number of alkyl halides is 3. The SMILES string of the molecule is Cc1nc2c(Cl)cc(C(F)(F)F)cn2c1C(=O)N(C)C. The number of nitrogens with zero attached hydrogens (tertiary/aromatic N) is 3. The summed E-state index contributed by atoms with van der Waals surface area (Å²) in [6, 6.07) is 0.799. The van der Waals surface area contributed by atoms with Gasteiger partial charge in [0.1, 0.15) is 5.69 Å². The van der Waals surface area contributed by atoms with Crippen molar-refractivity contribution in [1.29, 1.82) is 0 Å². The highest BCUT2D eigenvalue weighted by Crippen LogP contribution is 2.33. The molecule has 2 aromatic rings. The molecule has 0 N–H and O–H groups in total. The Bertz CT molecular complexity index is 691. The highest BCUT2D eigenvalue weighted by atomic mass is 35.5. The number of imidazole rings is 1. The lowest BCUT2D eigenvalue weighted by atomic mass is 10.2. The second kappa shape index (κ2) is 4.66. The molecule has 0 aliphatic rings. The van der Waals surface area contributed by atoms with Crippen molar-refractivity contribution in [2.75, 3.05) is 14.1 Å². The summed E-state index contributed by atoms with van der Waals surface area (Å²) in [4.78, 5) is 17.4. The van der Waals surface area contributed by atoms with Gasteiger partial charge in [-0.2, -0.15) is 13.2 Å². The van der Waals surface area contributed by atoms with Gasteiger partial charge in [-0.25, -0.2) is 4.98 Å². The molecular weight excluding hydrogens is 295 g/mol. The monoisotopic (exact) mass is 305 g/mol. The maximum Gasteiger partial charge on any atom is 0.417 e. The molecule has 0 spiro atoms. The number of aryl methyl sites for hydroxylation is 1. The number of hydrogen-bond donors (Lipinski definition) is 0. The molecule has 0 saturated heterocycles. The third-order valence-electron chi connectivity index (χ3n) is 2.79. The van der Waals surface area contributed by atoms with Gasteiger partial charge in [0.2, 0.25) is 0 Å². The summed E-state index contributed by atoms with van der Waals surface area (Å²) in [7, 11) is 3.02. The predicted octanol–water partition coefficient (Wildman–Crippen LogP) is 3.02. The Morgan fingerprint density at radius 2 is 2.00 bits per heavy atom. The van der Waals surface area contributed by atoms with E-state index in [0.717, 1.165) is 16.7 Å². The molecule has 2 rings (SSSR count). The molecule has 0 fully saturated rings. The van der Waals surface area contributed by atoms with Gasteiger partial charge in [-0.1, -0.05) is 11.6 Å². The molecule has 0 aliphatic heterocycles. The second-order valence-electron chi connectivity index (χ2n) is 4.51. The maximum atomic E-state index is 12.8. The smallest absolute Gasteiger partial charge is 0.343 e. The van der Waals surface area contributed by atoms with Crippen LogP contribution in [0.1, 0.15) is 21.7 Å². The van der Waals surface area contributed by atoms with E-state index in [1.54, 1.807) is 6.92 Å². The molecule has 4 nitrogen and oxygen atoms in total. The van der Waals surface area contributed by atoms with Gasteiger partial charge in [0, 0.05) is 20.3 Å². The van der Waals surface area contributed by atoms with Crippen molar-refractivity contribution in [3.05, 3.63) is 34.2 Å². The minimum absolute atomic E-state index is 0.0676. The van der Waals surface area contributed by atoms with Crippen molar-refractivity contribution in [2.45, 2.75) is 13.1 Å². The normalized spacial score (nSPS) is 11.9. The van der Waals surface area contributed by atoms with Gasteiger partial charge in [-0.05, 0) is 13.0 Å². The molecule has 0 saturated carbocycles. The summed E-state index contributed by atoms with van der Waals surface area (Å²) in [6.07, 6.45) is -3.72. The number of aromatic nitrogens is 2. The van der Waals surface area contributed by atoms with Gasteiger partial charge in [0.25, 0.3) is 5.91 Å². The van der Waals surface area contributed by atoms with Crippen LogP contribution < -0.4 is 0 Å². The van der Waals surface area contributed by atoms with Gasteiger partial charge in [0.05, 0.1) is 16.3 Å². The first-order valence-electron chi connectivity index (χ1n) is 5.60. The number of carbonyl (C=O) groups excluding carboxylic acids is 1. The molecular formula is C12H11ClF3N3O. The first-order valence-corrected chi connectivity index (χ1v) is 5.97. The standard InChI is InChI=1S/C12H11ClF3N3O/c1-6-9(11(20)18(2)3)19-5-7(12(14,15)16)4-8(13)10(19)17-6/h4-5H,1-3H3. The average Bonchev–Trinajstić information content (AvgIpc) is 2.64. The van der Waals surface area contributed by atoms with E-state index in [4.69, 9.17) is 11.6 Å². The van der Waals surface area contributed by atoms with Crippen molar-refractivity contribution in [3.63, 3.8) is 0 Å². The highest BCUT2D eigenvalue weighted by molar-refractivity contribution is 6.33. The quantitative estimate of drug-likeness (QED) is 0.812. The Kier molecular flexibility index (Phi) is 3.41. The van der Waals surface area contributed by atoms with Gasteiger partial charge in [-0.15, -0.1) is 0 Å². The molecule has 0 radical (unpaired) electrons. The molecule has 1 amide bonds. The summed E-state index contributed by atoms with van der Waals surface area (Å²) in [5.74, 6) is -0.439. The maximum absolute atomic E-state index is 12.8. The fourth-order valence-electron chi connectivity index (χ4n) is 1.84. The number of pyridine rings is 1. The zero-order valence-corrected chi connectivity index (χ0v) is 11.7. The third kappa shape index (κ3) is 2.33. The van der Waals surface area contributed by atoms with E-state index in [0.29, 0.717) is 5.69 Å². The number of fused-ring (bicyclic) bond motifs is 1. The van der Waals surface area contributed by atoms with Crippen LogP contribution in [0.2, 0.25) is 5.02 Å². The van der Waals surface area contributed by atoms with Gasteiger partial charge in [0.15, 0.2) is 5.65 Å². The van der Waals surface area contributed by atoms with Crippen molar-refractivity contribution in [3.8, 4) is 0 Å². The van der Waals surface area contributed by atoms with Crippen molar-refractivity contribution >= 4 is 23.2 Å². The van der Waals surface area contributed by atoms with Crippen LogP contribution in [0.25, 0.3) is 5.65 Å². The first-order chi connectivity index (χ1) is 9.12. The van der Waals surface area contributed by atoms with Crippen LogP contribution >= 0.6 is 11.6 Å². The average molecular weight is 306 g/mol. The zero-order chi connectivity index (χ0) is 15.2. The Morgan fingerprint density at radius 3 is 2.50 bits per heavy atom. The number of hydrogen-bond acceptors (Lipinski definition) is 2. The fourth-order valence-corrected chi connectivity index (χ4v) is 2.09. The van der Waals surface area contributed by atoms with E-state index in [2.05, 4.69) is 4.98 Å². The summed E-state index contributed by atoms with van der Waals surface area (Å²) in [6.45, 7) is 1.55. The van der Waals surface area contributed by atoms with Crippen LogP contribution in [0.3, 0.4) is 0 Å². The minimum atomic E-state index is -4.55. The summed E-state index contributed by atoms with van der Waals surface area (Å²) in [5.41, 5.74) is -0.412. The van der Waals surface area contributed by atoms with Crippen LogP contribution in [0.15, 0.2) is 12.3 Å². The van der Waals surface area contributed by atoms with Gasteiger partial charge >= 0.3 is 6.18 Å². The lowest BCUT2D eigenvalue weighted by Gasteiger charge is -2.12.